The van der Waals surface area contributed by atoms with E-state index in [0.717, 1.165) is 5.69 Å². The third-order valence-electron chi connectivity index (χ3n) is 2.69. The Kier molecular flexibility index (Phi) is 3.80. The van der Waals surface area contributed by atoms with Gasteiger partial charge in [-0.15, -0.1) is 0 Å². The number of nitrogens with one attached hydrogen (secondary N) is 1. The Morgan fingerprint density at radius 2 is 1.75 bits per heavy atom. The number of benzene rings is 1. The molecule has 2 aromatic rings. The van der Waals surface area contributed by atoms with Gasteiger partial charge in [-0.1, -0.05) is 0 Å². The number of rotatable bonds is 4. The monoisotopic (exact) mass is 292 g/mol. The van der Waals surface area contributed by atoms with Crippen LogP contribution in [0.4, 0.5) is 17.2 Å². The molecule has 6 nitrogen and oxygen atoms in total. The predicted octanol–water partition coefficient (Wildman–Crippen LogP) is 1.53. The topological polar surface area (TPSA) is 88.3 Å². The summed E-state index contributed by atoms with van der Waals surface area (Å²) < 4.78 is 26.7. The first kappa shape index (κ1) is 14.1. The van der Waals surface area contributed by atoms with Gasteiger partial charge in [0.05, 0.1) is 16.8 Å². The van der Waals surface area contributed by atoms with Gasteiger partial charge in [0.2, 0.25) is 0 Å². The summed E-state index contributed by atoms with van der Waals surface area (Å²) in [6, 6.07) is 9.38. The van der Waals surface area contributed by atoms with E-state index in [4.69, 9.17) is 5.73 Å². The number of nitrogen functional groups attached to an aromatic ring is 1. The minimum Gasteiger partial charge on any atom is -0.399 e. The molecule has 1 aromatic heterocycles. The van der Waals surface area contributed by atoms with Gasteiger partial charge in [-0.2, -0.15) is 0 Å². The van der Waals surface area contributed by atoms with Crippen LogP contribution in [0.1, 0.15) is 0 Å². The molecule has 0 bridgehead atoms. The molecule has 0 atom stereocenters. The normalized spacial score (nSPS) is 11.1. The van der Waals surface area contributed by atoms with Crippen molar-refractivity contribution in [2.24, 2.45) is 0 Å². The maximum atomic E-state index is 12.1. The van der Waals surface area contributed by atoms with Crippen LogP contribution >= 0.6 is 0 Å². The molecule has 0 aliphatic carbocycles. The molecule has 2 rings (SSSR count). The van der Waals surface area contributed by atoms with E-state index in [2.05, 4.69) is 9.71 Å². The fourth-order valence-electron chi connectivity index (χ4n) is 1.55. The number of sulfonamides is 1. The van der Waals surface area contributed by atoms with Crippen molar-refractivity contribution in [3.63, 3.8) is 0 Å². The SMILES string of the molecule is CN(C)c1ccc(NS(=O)(=O)c2ccc(N)cc2)nc1. The Balaban J connectivity index is 2.22. The zero-order valence-electron chi connectivity index (χ0n) is 11.2. The summed E-state index contributed by atoms with van der Waals surface area (Å²) in [6.07, 6.45) is 1.60. The first-order valence-electron chi connectivity index (χ1n) is 5.90. The largest absolute Gasteiger partial charge is 0.399 e. The highest BCUT2D eigenvalue weighted by atomic mass is 32.2. The van der Waals surface area contributed by atoms with Crippen molar-refractivity contribution in [1.82, 2.24) is 4.98 Å². The van der Waals surface area contributed by atoms with E-state index in [1.54, 1.807) is 18.3 Å². The Labute approximate surface area is 118 Å². The number of nitrogens with two attached hydrogens (primary N) is 1. The molecule has 20 heavy (non-hydrogen) atoms. The minimum absolute atomic E-state index is 0.144. The highest BCUT2D eigenvalue weighted by Crippen LogP contribution is 2.17. The molecule has 7 heteroatoms. The number of nitrogens with zero attached hydrogens (tertiary/aromatic N) is 2. The van der Waals surface area contributed by atoms with Crippen LogP contribution in [0.3, 0.4) is 0 Å². The van der Waals surface area contributed by atoms with Gasteiger partial charge in [0.15, 0.2) is 0 Å². The average molecular weight is 292 g/mol. The van der Waals surface area contributed by atoms with Crippen LogP contribution in [0.5, 0.6) is 0 Å². The maximum absolute atomic E-state index is 12.1. The van der Waals surface area contributed by atoms with Crippen molar-refractivity contribution in [3.8, 4) is 0 Å². The smallest absolute Gasteiger partial charge is 0.263 e. The van der Waals surface area contributed by atoms with E-state index in [1.165, 1.54) is 24.3 Å². The van der Waals surface area contributed by atoms with Gasteiger partial charge in [-0.05, 0) is 36.4 Å². The number of pyridine rings is 1. The zero-order chi connectivity index (χ0) is 14.8. The lowest BCUT2D eigenvalue weighted by Gasteiger charge is -2.12. The van der Waals surface area contributed by atoms with Gasteiger partial charge >= 0.3 is 0 Å². The van der Waals surface area contributed by atoms with Crippen LogP contribution < -0.4 is 15.4 Å². The molecule has 0 amide bonds. The second-order valence-electron chi connectivity index (χ2n) is 4.47. The van der Waals surface area contributed by atoms with Crippen molar-refractivity contribution < 1.29 is 8.42 Å². The van der Waals surface area contributed by atoms with Gasteiger partial charge in [-0.3, -0.25) is 4.72 Å². The number of anilines is 3. The average Bonchev–Trinajstić information content (AvgIpc) is 2.39. The third-order valence-corrected chi connectivity index (χ3v) is 4.06. The van der Waals surface area contributed by atoms with Crippen molar-refractivity contribution >= 4 is 27.2 Å². The lowest BCUT2D eigenvalue weighted by atomic mass is 10.3. The number of hydrogen-bond acceptors (Lipinski definition) is 5. The lowest BCUT2D eigenvalue weighted by Crippen LogP contribution is -2.14. The summed E-state index contributed by atoms with van der Waals surface area (Å²) in [7, 11) is 0.123. The summed E-state index contributed by atoms with van der Waals surface area (Å²) in [5, 5.41) is 0. The Bertz CT molecular complexity index is 679. The maximum Gasteiger partial charge on any atom is 0.263 e. The summed E-state index contributed by atoms with van der Waals surface area (Å²) in [4.78, 5) is 6.10. The van der Waals surface area contributed by atoms with Crippen molar-refractivity contribution in [1.29, 1.82) is 0 Å². The quantitative estimate of drug-likeness (QED) is 0.834. The molecule has 1 aromatic carbocycles. The van der Waals surface area contributed by atoms with E-state index >= 15 is 0 Å². The molecule has 106 valence electrons. The van der Waals surface area contributed by atoms with Crippen LogP contribution in [-0.4, -0.2) is 27.5 Å². The highest BCUT2D eigenvalue weighted by Gasteiger charge is 2.14. The van der Waals surface area contributed by atoms with Gasteiger partial charge in [0.1, 0.15) is 5.82 Å². The molecular weight excluding hydrogens is 276 g/mol. The fraction of sp³-hybridized carbons (Fsp3) is 0.154. The molecule has 0 radical (unpaired) electrons. The van der Waals surface area contributed by atoms with E-state index in [9.17, 15) is 8.42 Å². The van der Waals surface area contributed by atoms with E-state index < -0.39 is 10.0 Å². The van der Waals surface area contributed by atoms with Crippen molar-refractivity contribution in [2.75, 3.05) is 29.5 Å². The third kappa shape index (κ3) is 3.18. The van der Waals surface area contributed by atoms with Crippen LogP contribution in [0.25, 0.3) is 0 Å². The summed E-state index contributed by atoms with van der Waals surface area (Å²) in [6.45, 7) is 0. The van der Waals surface area contributed by atoms with E-state index in [0.29, 0.717) is 5.69 Å². The molecule has 1 heterocycles. The molecule has 0 unspecified atom stereocenters. The lowest BCUT2D eigenvalue weighted by molar-refractivity contribution is 0.601. The number of hydrogen-bond donors (Lipinski definition) is 2. The Morgan fingerprint density at radius 1 is 1.10 bits per heavy atom. The second kappa shape index (κ2) is 5.38. The van der Waals surface area contributed by atoms with Crippen LogP contribution in [0.15, 0.2) is 47.5 Å². The first-order valence-corrected chi connectivity index (χ1v) is 7.38. The molecule has 0 aliphatic rings. The second-order valence-corrected chi connectivity index (χ2v) is 6.15. The highest BCUT2D eigenvalue weighted by molar-refractivity contribution is 7.92. The molecule has 0 saturated heterocycles. The van der Waals surface area contributed by atoms with Crippen molar-refractivity contribution in [2.45, 2.75) is 4.90 Å². The minimum atomic E-state index is -3.64. The molecule has 0 fully saturated rings. The summed E-state index contributed by atoms with van der Waals surface area (Å²) in [5.41, 5.74) is 6.94. The van der Waals surface area contributed by atoms with Gasteiger partial charge in [0.25, 0.3) is 10.0 Å². The Morgan fingerprint density at radius 3 is 2.25 bits per heavy atom. The van der Waals surface area contributed by atoms with E-state index in [1.807, 2.05) is 19.0 Å². The first-order chi connectivity index (χ1) is 9.38. The van der Waals surface area contributed by atoms with Crippen molar-refractivity contribution in [3.05, 3.63) is 42.6 Å². The van der Waals surface area contributed by atoms with Gasteiger partial charge in [-0.25, -0.2) is 13.4 Å². The van der Waals surface area contributed by atoms with Crippen LogP contribution in [0.2, 0.25) is 0 Å². The van der Waals surface area contributed by atoms with E-state index in [-0.39, 0.29) is 10.7 Å². The molecule has 0 aliphatic heterocycles. The molecule has 0 saturated carbocycles. The molecule has 3 N–H and O–H groups in total. The number of aromatic nitrogens is 1. The zero-order valence-corrected chi connectivity index (χ0v) is 12.1. The standard InChI is InChI=1S/C13H16N4O2S/c1-17(2)11-5-8-13(15-9-11)16-20(18,19)12-6-3-10(14)4-7-12/h3-9H,14H2,1-2H3,(H,15,16). The van der Waals surface area contributed by atoms with Crippen LogP contribution in [0, 0.1) is 0 Å². The molecular formula is C13H16N4O2S. The fourth-order valence-corrected chi connectivity index (χ4v) is 2.56. The Hall–Kier alpha value is -2.28. The summed E-state index contributed by atoms with van der Waals surface area (Å²) in [5.74, 6) is 0.271. The van der Waals surface area contributed by atoms with Gasteiger partial charge < -0.3 is 10.6 Å². The predicted molar refractivity (Wildman–Crippen MR) is 80.2 cm³/mol. The summed E-state index contributed by atoms with van der Waals surface area (Å²) >= 11 is 0. The molecule has 0 spiro atoms. The van der Waals surface area contributed by atoms with Gasteiger partial charge in [0, 0.05) is 19.8 Å². The van der Waals surface area contributed by atoms with Crippen LogP contribution in [-0.2, 0) is 10.0 Å².